The summed E-state index contributed by atoms with van der Waals surface area (Å²) in [4.78, 5) is 28.0. The lowest BCUT2D eigenvalue weighted by Gasteiger charge is -2.06. The van der Waals surface area contributed by atoms with E-state index in [2.05, 4.69) is 10.1 Å². The van der Waals surface area contributed by atoms with Crippen LogP contribution < -0.4 is 0 Å². The lowest BCUT2D eigenvalue weighted by molar-refractivity contribution is -0.137. The maximum atomic E-state index is 12.2. The maximum absolute atomic E-state index is 12.2. The predicted molar refractivity (Wildman–Crippen MR) is 80.5 cm³/mol. The normalized spacial score (nSPS) is 17.4. The molecular formula is C16H17N3O4. The van der Waals surface area contributed by atoms with Crippen LogP contribution in [0.1, 0.15) is 59.3 Å². The van der Waals surface area contributed by atoms with E-state index in [1.54, 1.807) is 6.07 Å². The van der Waals surface area contributed by atoms with E-state index < -0.39 is 11.9 Å². The second-order valence-electron chi connectivity index (χ2n) is 6.27. The van der Waals surface area contributed by atoms with Crippen LogP contribution in [0.15, 0.2) is 6.07 Å². The van der Waals surface area contributed by atoms with Gasteiger partial charge in [-0.2, -0.15) is 5.10 Å². The van der Waals surface area contributed by atoms with Gasteiger partial charge in [0.1, 0.15) is 6.54 Å². The van der Waals surface area contributed by atoms with Crippen LogP contribution in [0.2, 0.25) is 0 Å². The van der Waals surface area contributed by atoms with Gasteiger partial charge in [0.25, 0.3) is 0 Å². The summed E-state index contributed by atoms with van der Waals surface area (Å²) >= 11 is 0. The average Bonchev–Trinajstić information content (AvgIpc) is 3.43. The Bertz CT molecular complexity index is 818. The Balaban J connectivity index is 1.98. The number of pyridine rings is 1. The molecule has 0 aliphatic heterocycles. The summed E-state index contributed by atoms with van der Waals surface area (Å²) in [6.07, 6.45) is 4.09. The molecule has 120 valence electrons. The van der Waals surface area contributed by atoms with Crippen molar-refractivity contribution in [3.63, 3.8) is 0 Å². The number of carbonyl (C=O) groups is 2. The highest BCUT2D eigenvalue weighted by atomic mass is 16.5. The van der Waals surface area contributed by atoms with Crippen molar-refractivity contribution >= 4 is 23.0 Å². The first kappa shape index (κ1) is 14.2. The number of ether oxygens (including phenoxy) is 1. The van der Waals surface area contributed by atoms with E-state index in [0.29, 0.717) is 22.5 Å². The Hall–Kier alpha value is -2.44. The van der Waals surface area contributed by atoms with Crippen LogP contribution in [-0.2, 0) is 16.1 Å². The van der Waals surface area contributed by atoms with E-state index in [1.165, 1.54) is 11.8 Å². The molecule has 2 aromatic rings. The lowest BCUT2D eigenvalue weighted by atomic mass is 10.1. The van der Waals surface area contributed by atoms with Crippen LogP contribution in [0.25, 0.3) is 11.0 Å². The van der Waals surface area contributed by atoms with Gasteiger partial charge in [-0.05, 0) is 31.7 Å². The lowest BCUT2D eigenvalue weighted by Crippen LogP contribution is -2.11. The third kappa shape index (κ3) is 2.46. The third-order valence-corrected chi connectivity index (χ3v) is 4.40. The molecule has 0 radical (unpaired) electrons. The number of methoxy groups -OCH3 is 1. The van der Waals surface area contributed by atoms with Crippen molar-refractivity contribution < 1.29 is 19.4 Å². The van der Waals surface area contributed by atoms with Gasteiger partial charge in [0, 0.05) is 17.5 Å². The smallest absolute Gasteiger partial charge is 0.338 e. The van der Waals surface area contributed by atoms with Crippen molar-refractivity contribution in [2.24, 2.45) is 0 Å². The molecule has 0 aromatic carbocycles. The molecule has 2 fully saturated rings. The van der Waals surface area contributed by atoms with Crippen LogP contribution in [0.3, 0.4) is 0 Å². The number of carboxylic acids is 1. The molecule has 2 heterocycles. The molecule has 2 aliphatic rings. The Morgan fingerprint density at radius 3 is 2.57 bits per heavy atom. The number of aliphatic carboxylic acids is 1. The highest BCUT2D eigenvalue weighted by molar-refractivity contribution is 6.04. The molecule has 0 bridgehead atoms. The number of rotatable bonds is 5. The monoisotopic (exact) mass is 315 g/mol. The minimum atomic E-state index is -0.977. The van der Waals surface area contributed by atoms with Crippen LogP contribution in [0.5, 0.6) is 0 Å². The summed E-state index contributed by atoms with van der Waals surface area (Å²) in [6, 6.07) is 1.80. The molecule has 0 saturated heterocycles. The van der Waals surface area contributed by atoms with Crippen molar-refractivity contribution in [2.45, 2.75) is 44.1 Å². The summed E-state index contributed by atoms with van der Waals surface area (Å²) in [5.74, 6) is -0.768. The molecule has 7 heteroatoms. The van der Waals surface area contributed by atoms with Crippen molar-refractivity contribution in [1.29, 1.82) is 0 Å². The van der Waals surface area contributed by atoms with Crippen LogP contribution in [-0.4, -0.2) is 38.9 Å². The second-order valence-corrected chi connectivity index (χ2v) is 6.27. The van der Waals surface area contributed by atoms with Gasteiger partial charge in [-0.25, -0.2) is 14.5 Å². The van der Waals surface area contributed by atoms with E-state index >= 15 is 0 Å². The zero-order valence-electron chi connectivity index (χ0n) is 12.8. The average molecular weight is 315 g/mol. The van der Waals surface area contributed by atoms with Crippen LogP contribution in [0.4, 0.5) is 0 Å². The summed E-state index contributed by atoms with van der Waals surface area (Å²) in [5.41, 5.74) is 2.54. The fourth-order valence-corrected chi connectivity index (χ4v) is 2.96. The van der Waals surface area contributed by atoms with E-state index in [4.69, 9.17) is 9.84 Å². The summed E-state index contributed by atoms with van der Waals surface area (Å²) < 4.78 is 6.33. The van der Waals surface area contributed by atoms with E-state index in [9.17, 15) is 9.59 Å². The number of carbonyl (C=O) groups excluding carboxylic acids is 1. The highest BCUT2D eigenvalue weighted by Crippen LogP contribution is 2.45. The minimum absolute atomic E-state index is 0.259. The molecular weight excluding hydrogens is 298 g/mol. The number of carboxylic acid groups (broad SMARTS) is 1. The SMILES string of the molecule is COC(=O)c1cc(C2CC2)nc2c1c(C1CC1)nn2CC(=O)O. The molecule has 0 spiro atoms. The molecule has 0 atom stereocenters. The van der Waals surface area contributed by atoms with Crippen LogP contribution >= 0.6 is 0 Å². The Morgan fingerprint density at radius 1 is 1.30 bits per heavy atom. The number of nitrogens with zero attached hydrogens (tertiary/aromatic N) is 3. The summed E-state index contributed by atoms with van der Waals surface area (Å²) in [7, 11) is 1.35. The largest absolute Gasteiger partial charge is 0.480 e. The molecule has 0 amide bonds. The predicted octanol–water partition coefficient (Wildman–Crippen LogP) is 2.06. The molecule has 2 aromatic heterocycles. The minimum Gasteiger partial charge on any atom is -0.480 e. The van der Waals surface area contributed by atoms with Gasteiger partial charge < -0.3 is 9.84 Å². The molecule has 23 heavy (non-hydrogen) atoms. The number of hydrogen-bond donors (Lipinski definition) is 1. The van der Waals surface area contributed by atoms with Crippen molar-refractivity contribution in [3.05, 3.63) is 23.0 Å². The topological polar surface area (TPSA) is 94.3 Å². The first-order chi connectivity index (χ1) is 11.1. The van der Waals surface area contributed by atoms with Crippen molar-refractivity contribution in [3.8, 4) is 0 Å². The molecule has 2 saturated carbocycles. The van der Waals surface area contributed by atoms with Gasteiger partial charge in [-0.1, -0.05) is 0 Å². The van der Waals surface area contributed by atoms with E-state index in [1.807, 2.05) is 0 Å². The van der Waals surface area contributed by atoms with Gasteiger partial charge in [0.05, 0.1) is 23.8 Å². The first-order valence-electron chi connectivity index (χ1n) is 7.80. The van der Waals surface area contributed by atoms with Gasteiger partial charge in [-0.15, -0.1) is 0 Å². The molecule has 1 N–H and O–H groups in total. The van der Waals surface area contributed by atoms with Gasteiger partial charge >= 0.3 is 11.9 Å². The maximum Gasteiger partial charge on any atom is 0.338 e. The molecule has 7 nitrogen and oxygen atoms in total. The summed E-state index contributed by atoms with van der Waals surface area (Å²) in [6.45, 7) is -0.259. The van der Waals surface area contributed by atoms with Crippen molar-refractivity contribution in [1.82, 2.24) is 14.8 Å². The Kier molecular flexibility index (Phi) is 3.11. The standard InChI is InChI=1S/C16H17N3O4/c1-23-16(22)10-6-11(8-2-3-8)17-15-13(10)14(9-4-5-9)18-19(15)7-12(20)21/h6,8-9H,2-5,7H2,1H3,(H,20,21). The fraction of sp³-hybridized carbons (Fsp3) is 0.500. The number of fused-ring (bicyclic) bond motifs is 1. The number of hydrogen-bond acceptors (Lipinski definition) is 5. The fourth-order valence-electron chi connectivity index (χ4n) is 2.96. The molecule has 0 unspecified atom stereocenters. The zero-order valence-corrected chi connectivity index (χ0v) is 12.8. The molecule has 2 aliphatic carbocycles. The zero-order chi connectivity index (χ0) is 16.1. The van der Waals surface area contributed by atoms with Crippen molar-refractivity contribution in [2.75, 3.05) is 7.11 Å². The third-order valence-electron chi connectivity index (χ3n) is 4.40. The second kappa shape index (κ2) is 5.04. The first-order valence-corrected chi connectivity index (χ1v) is 7.80. The number of esters is 1. The van der Waals surface area contributed by atoms with Gasteiger partial charge in [0.2, 0.25) is 0 Å². The Morgan fingerprint density at radius 2 is 2.00 bits per heavy atom. The van der Waals surface area contributed by atoms with Gasteiger partial charge in [0.15, 0.2) is 5.65 Å². The van der Waals surface area contributed by atoms with E-state index in [0.717, 1.165) is 37.1 Å². The van der Waals surface area contributed by atoms with E-state index in [-0.39, 0.29) is 12.5 Å². The Labute approximate surface area is 132 Å². The number of aromatic nitrogens is 3. The quantitative estimate of drug-likeness (QED) is 0.849. The summed E-state index contributed by atoms with van der Waals surface area (Å²) in [5, 5.41) is 14.2. The van der Waals surface area contributed by atoms with Gasteiger partial charge in [-0.3, -0.25) is 4.79 Å². The van der Waals surface area contributed by atoms with Crippen LogP contribution in [0, 0.1) is 0 Å². The molecule has 4 rings (SSSR count). The highest BCUT2D eigenvalue weighted by Gasteiger charge is 2.34.